The van der Waals surface area contributed by atoms with Crippen LogP contribution in [-0.4, -0.2) is 16.0 Å². The van der Waals surface area contributed by atoms with Gasteiger partial charge in [-0.25, -0.2) is 4.98 Å². The third-order valence-electron chi connectivity index (χ3n) is 4.68. The van der Waals surface area contributed by atoms with Gasteiger partial charge >= 0.3 is 0 Å². The second-order valence-electron chi connectivity index (χ2n) is 7.09. The Morgan fingerprint density at radius 3 is 2.50 bits per heavy atom. The summed E-state index contributed by atoms with van der Waals surface area (Å²) in [5, 5.41) is 7.28. The Morgan fingerprint density at radius 1 is 1.03 bits per heavy atom. The number of hydrogen-bond donors (Lipinski definition) is 2. The first kappa shape index (κ1) is 22.6. The van der Waals surface area contributed by atoms with Crippen molar-refractivity contribution in [2.24, 2.45) is 0 Å². The summed E-state index contributed by atoms with van der Waals surface area (Å²) >= 11 is 23.5. The molecule has 0 aliphatic carbocycles. The zero-order chi connectivity index (χ0) is 22.8. The normalized spacial score (nSPS) is 10.9. The number of anilines is 1. The van der Waals surface area contributed by atoms with E-state index in [1.807, 2.05) is 31.2 Å². The van der Waals surface area contributed by atoms with Gasteiger partial charge < -0.3 is 9.73 Å². The molecule has 32 heavy (non-hydrogen) atoms. The minimum absolute atomic E-state index is 0.185. The van der Waals surface area contributed by atoms with Crippen molar-refractivity contribution in [3.05, 3.63) is 92.2 Å². The van der Waals surface area contributed by atoms with Crippen molar-refractivity contribution in [3.8, 4) is 0 Å². The molecular weight excluding hydrogens is 489 g/mol. The van der Waals surface area contributed by atoms with Crippen LogP contribution in [0.4, 0.5) is 5.69 Å². The molecule has 0 fully saturated rings. The molecular formula is C23H16Cl3N3O2S. The fourth-order valence-electron chi connectivity index (χ4n) is 3.03. The van der Waals surface area contributed by atoms with Gasteiger partial charge in [-0.2, -0.15) is 0 Å². The van der Waals surface area contributed by atoms with E-state index in [9.17, 15) is 4.79 Å². The zero-order valence-electron chi connectivity index (χ0n) is 16.7. The van der Waals surface area contributed by atoms with E-state index in [0.29, 0.717) is 44.0 Å². The Kier molecular flexibility index (Phi) is 6.67. The number of fused-ring (bicyclic) bond motifs is 1. The first-order valence-corrected chi connectivity index (χ1v) is 11.0. The molecule has 0 aliphatic heterocycles. The van der Waals surface area contributed by atoms with Crippen LogP contribution in [0.3, 0.4) is 0 Å². The van der Waals surface area contributed by atoms with E-state index in [1.54, 1.807) is 30.3 Å². The number of aryl methyl sites for hydroxylation is 1. The summed E-state index contributed by atoms with van der Waals surface area (Å²) in [5.41, 5.74) is 4.17. The van der Waals surface area contributed by atoms with Gasteiger partial charge in [0.25, 0.3) is 5.91 Å². The Bertz CT molecular complexity index is 1340. The average molecular weight is 505 g/mol. The monoisotopic (exact) mass is 503 g/mol. The van der Waals surface area contributed by atoms with Crippen LogP contribution in [0.5, 0.6) is 0 Å². The van der Waals surface area contributed by atoms with Crippen LogP contribution in [0, 0.1) is 6.92 Å². The number of nitrogens with zero attached hydrogens (tertiary/aromatic N) is 1. The van der Waals surface area contributed by atoms with Crippen molar-refractivity contribution in [3.63, 3.8) is 0 Å². The lowest BCUT2D eigenvalue weighted by Gasteiger charge is -2.10. The number of hydrogen-bond acceptors (Lipinski definition) is 4. The molecule has 0 saturated heterocycles. The molecule has 4 aromatic rings. The van der Waals surface area contributed by atoms with E-state index >= 15 is 0 Å². The van der Waals surface area contributed by atoms with Crippen LogP contribution in [0.15, 0.2) is 59.0 Å². The molecule has 1 amide bonds. The minimum atomic E-state index is -0.337. The van der Waals surface area contributed by atoms with Crippen molar-refractivity contribution < 1.29 is 9.21 Å². The number of rotatable bonds is 4. The minimum Gasteiger partial charge on any atom is -0.439 e. The summed E-state index contributed by atoms with van der Waals surface area (Å²) < 4.78 is 5.76. The average Bonchev–Trinajstić information content (AvgIpc) is 3.14. The maximum absolute atomic E-state index is 12.4. The summed E-state index contributed by atoms with van der Waals surface area (Å²) in [7, 11) is 0. The van der Waals surface area contributed by atoms with E-state index < -0.39 is 0 Å². The molecule has 0 unspecified atom stereocenters. The molecule has 5 nitrogen and oxygen atoms in total. The molecule has 0 bridgehead atoms. The van der Waals surface area contributed by atoms with Gasteiger partial charge in [-0.3, -0.25) is 10.1 Å². The van der Waals surface area contributed by atoms with Gasteiger partial charge in [0.15, 0.2) is 16.6 Å². The second kappa shape index (κ2) is 9.46. The first-order chi connectivity index (χ1) is 15.3. The van der Waals surface area contributed by atoms with E-state index in [1.165, 1.54) is 0 Å². The third-order valence-corrected chi connectivity index (χ3v) is 5.79. The largest absolute Gasteiger partial charge is 0.439 e. The standard InChI is InChI=1S/C23H16Cl3N3O2S/c1-12-2-5-14(9-17(12)25)22(30)29-23(32)27-16-6-3-13(4-7-16)8-20-28-19-11-15(24)10-18(26)21(19)31-20/h2-7,9-11H,8H2,1H3,(H2,27,29,30,32). The van der Waals surface area contributed by atoms with Crippen molar-refractivity contribution in [2.75, 3.05) is 5.32 Å². The Labute approximate surface area is 204 Å². The van der Waals surface area contributed by atoms with Crippen LogP contribution < -0.4 is 10.6 Å². The molecule has 9 heteroatoms. The Hall–Kier alpha value is -2.64. The van der Waals surface area contributed by atoms with Crippen LogP contribution >= 0.6 is 47.0 Å². The molecule has 4 rings (SSSR count). The molecule has 1 aromatic heterocycles. The van der Waals surface area contributed by atoms with E-state index in [-0.39, 0.29) is 11.0 Å². The van der Waals surface area contributed by atoms with Crippen molar-refractivity contribution in [1.82, 2.24) is 10.3 Å². The highest BCUT2D eigenvalue weighted by Crippen LogP contribution is 2.29. The first-order valence-electron chi connectivity index (χ1n) is 9.50. The Balaban J connectivity index is 1.38. The number of benzene rings is 3. The fraction of sp³-hybridized carbons (Fsp3) is 0.0870. The van der Waals surface area contributed by atoms with Gasteiger partial charge in [-0.1, -0.05) is 53.0 Å². The molecule has 3 aromatic carbocycles. The smallest absolute Gasteiger partial charge is 0.257 e. The van der Waals surface area contributed by atoms with E-state index in [2.05, 4.69) is 15.6 Å². The number of carbonyl (C=O) groups is 1. The zero-order valence-corrected chi connectivity index (χ0v) is 19.8. The SMILES string of the molecule is Cc1ccc(C(=O)NC(=S)Nc2ccc(Cc3nc4cc(Cl)cc(Cl)c4o3)cc2)cc1Cl. The molecule has 162 valence electrons. The van der Waals surface area contributed by atoms with Gasteiger partial charge in [0.05, 0.1) is 5.02 Å². The van der Waals surface area contributed by atoms with Crippen LogP contribution in [0.25, 0.3) is 11.1 Å². The topological polar surface area (TPSA) is 67.2 Å². The van der Waals surface area contributed by atoms with E-state index in [4.69, 9.17) is 51.4 Å². The number of thiocarbonyl (C=S) groups is 1. The number of nitrogens with one attached hydrogen (secondary N) is 2. The summed E-state index contributed by atoms with van der Waals surface area (Å²) in [6.45, 7) is 1.87. The molecule has 2 N–H and O–H groups in total. The highest BCUT2D eigenvalue weighted by atomic mass is 35.5. The molecule has 0 radical (unpaired) electrons. The molecule has 0 aliphatic rings. The van der Waals surface area contributed by atoms with Gasteiger partial charge in [0, 0.05) is 27.7 Å². The lowest BCUT2D eigenvalue weighted by Crippen LogP contribution is -2.34. The molecule has 1 heterocycles. The maximum atomic E-state index is 12.4. The number of aromatic nitrogens is 1. The van der Waals surface area contributed by atoms with Crippen molar-refractivity contribution in [1.29, 1.82) is 0 Å². The van der Waals surface area contributed by atoms with Gasteiger partial charge in [-0.15, -0.1) is 0 Å². The number of amides is 1. The number of halogens is 3. The van der Waals surface area contributed by atoms with E-state index in [0.717, 1.165) is 16.8 Å². The lowest BCUT2D eigenvalue weighted by molar-refractivity contribution is 0.0977. The molecule has 0 atom stereocenters. The summed E-state index contributed by atoms with van der Waals surface area (Å²) in [6.07, 6.45) is 0.484. The Morgan fingerprint density at radius 2 is 1.78 bits per heavy atom. The summed E-state index contributed by atoms with van der Waals surface area (Å²) in [4.78, 5) is 16.8. The lowest BCUT2D eigenvalue weighted by atomic mass is 10.1. The molecule has 0 spiro atoms. The van der Waals surface area contributed by atoms with Crippen LogP contribution in [0.1, 0.15) is 27.4 Å². The van der Waals surface area contributed by atoms with Crippen LogP contribution in [0.2, 0.25) is 15.1 Å². The summed E-state index contributed by atoms with van der Waals surface area (Å²) in [6, 6.07) is 15.9. The molecule has 0 saturated carbocycles. The summed E-state index contributed by atoms with van der Waals surface area (Å²) in [5.74, 6) is 0.195. The van der Waals surface area contributed by atoms with Gasteiger partial charge in [0.1, 0.15) is 5.52 Å². The fourth-order valence-corrected chi connectivity index (χ4v) is 3.95. The number of oxazole rings is 1. The van der Waals surface area contributed by atoms with Crippen LogP contribution in [-0.2, 0) is 6.42 Å². The maximum Gasteiger partial charge on any atom is 0.257 e. The predicted octanol–water partition coefficient (Wildman–Crippen LogP) is 6.81. The quantitative estimate of drug-likeness (QED) is 0.299. The van der Waals surface area contributed by atoms with Crippen molar-refractivity contribution in [2.45, 2.75) is 13.3 Å². The van der Waals surface area contributed by atoms with Crippen molar-refractivity contribution >= 4 is 74.8 Å². The predicted molar refractivity (Wildman–Crippen MR) is 133 cm³/mol. The number of carbonyl (C=O) groups excluding carboxylic acids is 1. The highest BCUT2D eigenvalue weighted by Gasteiger charge is 2.12. The van der Waals surface area contributed by atoms with Gasteiger partial charge in [-0.05, 0) is 66.7 Å². The second-order valence-corrected chi connectivity index (χ2v) is 8.75. The third kappa shape index (κ3) is 5.22. The highest BCUT2D eigenvalue weighted by molar-refractivity contribution is 7.80. The van der Waals surface area contributed by atoms with Gasteiger partial charge in [0.2, 0.25) is 0 Å².